The first-order valence-electron chi connectivity index (χ1n) is 9.55. The van der Waals surface area contributed by atoms with Gasteiger partial charge in [0.25, 0.3) is 0 Å². The van der Waals surface area contributed by atoms with Gasteiger partial charge in [-0.1, -0.05) is 6.92 Å². The Labute approximate surface area is 160 Å². The summed E-state index contributed by atoms with van der Waals surface area (Å²) < 4.78 is 5.28. The highest BCUT2D eigenvalue weighted by atomic mass is 16.6. The van der Waals surface area contributed by atoms with Gasteiger partial charge >= 0.3 is 6.09 Å². The smallest absolute Gasteiger partial charge is 0.410 e. The van der Waals surface area contributed by atoms with Crippen LogP contribution in [0.5, 0.6) is 0 Å². The second-order valence-electron chi connectivity index (χ2n) is 7.00. The molecule has 0 aromatic carbocycles. The molecule has 1 N–H and O–H groups in total. The van der Waals surface area contributed by atoms with Crippen molar-refractivity contribution in [3.05, 3.63) is 36.3 Å². The molecule has 0 spiro atoms. The van der Waals surface area contributed by atoms with Crippen LogP contribution in [0.15, 0.2) is 30.6 Å². The van der Waals surface area contributed by atoms with Gasteiger partial charge in [-0.25, -0.2) is 14.8 Å². The van der Waals surface area contributed by atoms with E-state index < -0.39 is 0 Å². The van der Waals surface area contributed by atoms with Gasteiger partial charge in [-0.05, 0) is 45.2 Å². The largest absolute Gasteiger partial charge is 0.447 e. The van der Waals surface area contributed by atoms with Crippen LogP contribution in [-0.2, 0) is 11.2 Å². The summed E-state index contributed by atoms with van der Waals surface area (Å²) in [6.45, 7) is 7.19. The fraction of sp³-hybridized carbons (Fsp3) is 0.500. The number of hydrogen-bond acceptors (Lipinski definition) is 6. The molecule has 1 saturated heterocycles. The Bertz CT molecular complexity index is 758. The number of nitrogens with zero attached hydrogens (tertiary/aromatic N) is 4. The normalized spacial score (nSPS) is 15.0. The molecule has 1 aliphatic rings. The zero-order chi connectivity index (χ0) is 19.2. The molecule has 0 saturated carbocycles. The van der Waals surface area contributed by atoms with E-state index in [1.165, 1.54) is 0 Å². The van der Waals surface area contributed by atoms with Gasteiger partial charge in [-0.15, -0.1) is 0 Å². The van der Waals surface area contributed by atoms with Crippen LogP contribution in [0.2, 0.25) is 0 Å². The van der Waals surface area contributed by atoms with Gasteiger partial charge in [-0.3, -0.25) is 4.98 Å². The van der Waals surface area contributed by atoms with Crippen LogP contribution >= 0.6 is 0 Å². The van der Waals surface area contributed by atoms with Crippen LogP contribution in [-0.4, -0.2) is 51.2 Å². The van der Waals surface area contributed by atoms with Crippen molar-refractivity contribution >= 4 is 11.9 Å². The molecule has 2 aromatic heterocycles. The number of nitrogens with one attached hydrogen (secondary N) is 1. The Morgan fingerprint density at radius 2 is 1.96 bits per heavy atom. The van der Waals surface area contributed by atoms with Crippen LogP contribution in [0.1, 0.15) is 39.3 Å². The Balaban J connectivity index is 1.65. The molecule has 2 aromatic rings. The highest BCUT2D eigenvalue weighted by Gasteiger charge is 2.24. The molecule has 7 nitrogen and oxygen atoms in total. The molecule has 27 heavy (non-hydrogen) atoms. The van der Waals surface area contributed by atoms with Gasteiger partial charge in [0.2, 0.25) is 0 Å². The number of rotatable bonds is 5. The van der Waals surface area contributed by atoms with Gasteiger partial charge in [0.15, 0.2) is 5.82 Å². The van der Waals surface area contributed by atoms with Gasteiger partial charge in [0.1, 0.15) is 5.82 Å². The van der Waals surface area contributed by atoms with E-state index in [1.54, 1.807) is 17.3 Å². The minimum Gasteiger partial charge on any atom is -0.447 e. The number of likely N-dealkylation sites (tertiary alicyclic amines) is 1. The van der Waals surface area contributed by atoms with E-state index in [9.17, 15) is 4.79 Å². The molecule has 3 heterocycles. The summed E-state index contributed by atoms with van der Waals surface area (Å²) in [7, 11) is 0. The zero-order valence-corrected chi connectivity index (χ0v) is 16.2. The molecule has 0 atom stereocenters. The molecule has 0 radical (unpaired) electrons. The first-order chi connectivity index (χ1) is 13.0. The third kappa shape index (κ3) is 5.15. The van der Waals surface area contributed by atoms with Crippen LogP contribution < -0.4 is 5.32 Å². The van der Waals surface area contributed by atoms with Crippen LogP contribution in [0.4, 0.5) is 10.6 Å². The monoisotopic (exact) mass is 369 g/mol. The standard InChI is InChI=1S/C20H27N5O2/c1-4-16-13-18(24-19(23-16)15-5-9-21-10-6-15)22-17-7-11-25(12-8-17)20(26)27-14(2)3/h5-6,9-10,13-14,17H,4,7-8,11-12H2,1-3H3,(H,22,23,24). The molecule has 0 unspecified atom stereocenters. The van der Waals surface area contributed by atoms with Crippen molar-refractivity contribution < 1.29 is 9.53 Å². The molecular formula is C20H27N5O2. The molecule has 1 amide bonds. The lowest BCUT2D eigenvalue weighted by atomic mass is 10.1. The Morgan fingerprint density at radius 1 is 1.26 bits per heavy atom. The minimum absolute atomic E-state index is 0.0894. The Kier molecular flexibility index (Phi) is 6.21. The number of aryl methyl sites for hydroxylation is 1. The van der Waals surface area contributed by atoms with E-state index in [-0.39, 0.29) is 18.2 Å². The van der Waals surface area contributed by atoms with Crippen molar-refractivity contribution in [3.8, 4) is 11.4 Å². The molecule has 1 aliphatic heterocycles. The van der Waals surface area contributed by atoms with Crippen LogP contribution in [0.25, 0.3) is 11.4 Å². The maximum Gasteiger partial charge on any atom is 0.410 e. The van der Waals surface area contributed by atoms with Crippen molar-refractivity contribution in [3.63, 3.8) is 0 Å². The highest BCUT2D eigenvalue weighted by Crippen LogP contribution is 2.21. The average molecular weight is 369 g/mol. The van der Waals surface area contributed by atoms with E-state index in [4.69, 9.17) is 4.74 Å². The summed E-state index contributed by atoms with van der Waals surface area (Å²) in [5, 5.41) is 3.52. The van der Waals surface area contributed by atoms with E-state index >= 15 is 0 Å². The zero-order valence-electron chi connectivity index (χ0n) is 16.2. The fourth-order valence-corrected chi connectivity index (χ4v) is 3.07. The molecule has 7 heteroatoms. The Hall–Kier alpha value is -2.70. The van der Waals surface area contributed by atoms with Gasteiger partial charge in [0.05, 0.1) is 6.10 Å². The predicted molar refractivity (Wildman–Crippen MR) is 104 cm³/mol. The molecule has 3 rings (SSSR count). The number of ether oxygens (including phenoxy) is 1. The minimum atomic E-state index is -0.223. The summed E-state index contributed by atoms with van der Waals surface area (Å²) in [5.41, 5.74) is 1.95. The van der Waals surface area contributed by atoms with E-state index in [0.29, 0.717) is 18.9 Å². The Morgan fingerprint density at radius 3 is 2.59 bits per heavy atom. The average Bonchev–Trinajstić information content (AvgIpc) is 2.68. The summed E-state index contributed by atoms with van der Waals surface area (Å²) >= 11 is 0. The third-order valence-electron chi connectivity index (χ3n) is 4.52. The van der Waals surface area contributed by atoms with Crippen LogP contribution in [0.3, 0.4) is 0 Å². The van der Waals surface area contributed by atoms with Crippen LogP contribution in [0, 0.1) is 0 Å². The fourth-order valence-electron chi connectivity index (χ4n) is 3.07. The topological polar surface area (TPSA) is 80.2 Å². The van der Waals surface area contributed by atoms with E-state index in [0.717, 1.165) is 36.3 Å². The molecule has 144 valence electrons. The maximum atomic E-state index is 12.0. The summed E-state index contributed by atoms with van der Waals surface area (Å²) in [6.07, 6.45) is 5.75. The first kappa shape index (κ1) is 19.1. The maximum absolute atomic E-state index is 12.0. The second-order valence-corrected chi connectivity index (χ2v) is 7.00. The molecule has 0 bridgehead atoms. The highest BCUT2D eigenvalue weighted by molar-refractivity contribution is 5.68. The predicted octanol–water partition coefficient (Wildman–Crippen LogP) is 3.52. The SMILES string of the molecule is CCc1cc(NC2CCN(C(=O)OC(C)C)CC2)nc(-c2ccncc2)n1. The first-order valence-corrected chi connectivity index (χ1v) is 9.55. The number of carbonyl (C=O) groups is 1. The van der Waals surface area contributed by atoms with Gasteiger partial charge < -0.3 is 15.0 Å². The molecule has 0 aliphatic carbocycles. The number of hydrogen-bond donors (Lipinski definition) is 1. The summed E-state index contributed by atoms with van der Waals surface area (Å²) in [6, 6.07) is 6.11. The number of pyridine rings is 1. The second kappa shape index (κ2) is 8.79. The van der Waals surface area contributed by atoms with E-state index in [1.807, 2.05) is 32.0 Å². The number of piperidine rings is 1. The lowest BCUT2D eigenvalue weighted by Gasteiger charge is -2.32. The summed E-state index contributed by atoms with van der Waals surface area (Å²) in [5.74, 6) is 1.54. The molecule has 1 fully saturated rings. The van der Waals surface area contributed by atoms with E-state index in [2.05, 4.69) is 27.2 Å². The third-order valence-corrected chi connectivity index (χ3v) is 4.52. The quantitative estimate of drug-likeness (QED) is 0.868. The van der Waals surface area contributed by atoms with Crippen molar-refractivity contribution in [2.75, 3.05) is 18.4 Å². The lowest BCUT2D eigenvalue weighted by Crippen LogP contribution is -2.43. The van der Waals surface area contributed by atoms with Crippen molar-refractivity contribution in [2.24, 2.45) is 0 Å². The number of amides is 1. The number of anilines is 1. The summed E-state index contributed by atoms with van der Waals surface area (Å²) in [4.78, 5) is 27.2. The number of aromatic nitrogens is 3. The van der Waals surface area contributed by atoms with Gasteiger partial charge in [-0.2, -0.15) is 0 Å². The van der Waals surface area contributed by atoms with Gasteiger partial charge in [0, 0.05) is 48.8 Å². The molecular weight excluding hydrogens is 342 g/mol. The number of carbonyl (C=O) groups excluding carboxylic acids is 1. The lowest BCUT2D eigenvalue weighted by molar-refractivity contribution is 0.0701. The van der Waals surface area contributed by atoms with Crippen molar-refractivity contribution in [1.29, 1.82) is 0 Å². The van der Waals surface area contributed by atoms with Crippen molar-refractivity contribution in [2.45, 2.75) is 52.2 Å². The van der Waals surface area contributed by atoms with Crippen molar-refractivity contribution in [1.82, 2.24) is 19.9 Å².